The third-order valence-corrected chi connectivity index (χ3v) is 5.04. The highest BCUT2D eigenvalue weighted by atomic mass is 16.5. The van der Waals surface area contributed by atoms with Crippen molar-refractivity contribution < 1.29 is 14.1 Å². The van der Waals surface area contributed by atoms with Gasteiger partial charge in [0.15, 0.2) is 5.82 Å². The number of hydrogen-bond acceptors (Lipinski definition) is 5. The zero-order valence-electron chi connectivity index (χ0n) is 14.9. The van der Waals surface area contributed by atoms with Crippen molar-refractivity contribution in [1.29, 1.82) is 0 Å². The molecule has 0 radical (unpaired) electrons. The molecule has 0 saturated carbocycles. The summed E-state index contributed by atoms with van der Waals surface area (Å²) >= 11 is 0. The molecule has 3 rings (SSSR count). The Hall–Kier alpha value is -1.63. The van der Waals surface area contributed by atoms with E-state index >= 15 is 0 Å². The molecule has 1 atom stereocenters. The fraction of sp³-hybridized carbons (Fsp3) is 0.824. The van der Waals surface area contributed by atoms with Crippen molar-refractivity contribution in [2.24, 2.45) is 5.92 Å². The van der Waals surface area contributed by atoms with Gasteiger partial charge >= 0.3 is 6.03 Å². The number of amides is 2. The lowest BCUT2D eigenvalue weighted by molar-refractivity contribution is 0.135. The molecule has 0 bridgehead atoms. The van der Waals surface area contributed by atoms with Crippen LogP contribution < -0.4 is 0 Å². The summed E-state index contributed by atoms with van der Waals surface area (Å²) in [4.78, 5) is 21.1. The lowest BCUT2D eigenvalue weighted by Gasteiger charge is -2.33. The number of ether oxygens (including phenoxy) is 1. The summed E-state index contributed by atoms with van der Waals surface area (Å²) in [5, 5.41) is 4.12. The molecule has 24 heavy (non-hydrogen) atoms. The molecule has 2 fully saturated rings. The zero-order valence-corrected chi connectivity index (χ0v) is 14.9. The van der Waals surface area contributed by atoms with Gasteiger partial charge in [-0.05, 0) is 19.3 Å². The first-order valence-electron chi connectivity index (χ1n) is 8.94. The minimum Gasteiger partial charge on any atom is -0.384 e. The minimum absolute atomic E-state index is 0.169. The van der Waals surface area contributed by atoms with Crippen molar-refractivity contribution in [2.75, 3.05) is 39.9 Å². The molecule has 7 heteroatoms. The molecule has 0 unspecified atom stereocenters. The predicted octanol–water partition coefficient (Wildman–Crippen LogP) is 2.46. The van der Waals surface area contributed by atoms with E-state index in [1.165, 1.54) is 0 Å². The van der Waals surface area contributed by atoms with Gasteiger partial charge in [0, 0.05) is 51.0 Å². The van der Waals surface area contributed by atoms with E-state index in [4.69, 9.17) is 9.26 Å². The van der Waals surface area contributed by atoms with Gasteiger partial charge in [-0.2, -0.15) is 4.98 Å². The van der Waals surface area contributed by atoms with E-state index in [0.29, 0.717) is 17.7 Å². The molecule has 0 N–H and O–H groups in total. The van der Waals surface area contributed by atoms with Gasteiger partial charge in [0.25, 0.3) is 0 Å². The summed E-state index contributed by atoms with van der Waals surface area (Å²) in [6.45, 7) is 8.02. The number of carbonyl (C=O) groups excluding carboxylic acids is 1. The van der Waals surface area contributed by atoms with Crippen LogP contribution in [0.25, 0.3) is 0 Å². The van der Waals surface area contributed by atoms with Crippen LogP contribution in [0.1, 0.15) is 56.7 Å². The molecule has 2 saturated heterocycles. The molecule has 0 spiro atoms. The number of urea groups is 1. The van der Waals surface area contributed by atoms with Gasteiger partial charge in [-0.15, -0.1) is 0 Å². The Bertz CT molecular complexity index is 552. The normalized spacial score (nSPS) is 22.6. The first-order chi connectivity index (χ1) is 11.6. The second kappa shape index (κ2) is 7.51. The quantitative estimate of drug-likeness (QED) is 0.844. The van der Waals surface area contributed by atoms with Gasteiger partial charge in [0.1, 0.15) is 0 Å². The van der Waals surface area contributed by atoms with Crippen LogP contribution in [0, 0.1) is 5.92 Å². The number of likely N-dealkylation sites (tertiary alicyclic amines) is 2. The molecule has 0 aliphatic carbocycles. The maximum atomic E-state index is 12.6. The third kappa shape index (κ3) is 3.71. The van der Waals surface area contributed by atoms with Gasteiger partial charge in [-0.3, -0.25) is 0 Å². The summed E-state index contributed by atoms with van der Waals surface area (Å²) < 4.78 is 10.5. The molecule has 1 aromatic heterocycles. The van der Waals surface area contributed by atoms with Crippen LogP contribution in [-0.4, -0.2) is 65.9 Å². The highest BCUT2D eigenvalue weighted by Crippen LogP contribution is 2.28. The SMILES string of the molecule is COC[C@H]1CCN(C(=O)N2CCC(c3noc(C(C)C)n3)CC2)C1. The third-order valence-electron chi connectivity index (χ3n) is 5.04. The zero-order chi connectivity index (χ0) is 17.1. The van der Waals surface area contributed by atoms with E-state index in [1.54, 1.807) is 7.11 Å². The Balaban J connectivity index is 1.50. The maximum Gasteiger partial charge on any atom is 0.320 e. The predicted molar refractivity (Wildman–Crippen MR) is 88.9 cm³/mol. The smallest absolute Gasteiger partial charge is 0.320 e. The number of carbonyl (C=O) groups is 1. The molecule has 7 nitrogen and oxygen atoms in total. The monoisotopic (exact) mass is 336 g/mol. The van der Waals surface area contributed by atoms with E-state index in [0.717, 1.165) is 57.9 Å². The first kappa shape index (κ1) is 17.2. The summed E-state index contributed by atoms with van der Waals surface area (Å²) in [6.07, 6.45) is 2.84. The minimum atomic E-state index is 0.169. The highest BCUT2D eigenvalue weighted by Gasteiger charge is 2.32. The number of nitrogens with zero attached hydrogens (tertiary/aromatic N) is 4. The molecule has 0 aromatic carbocycles. The Morgan fingerprint density at radius 3 is 2.58 bits per heavy atom. The fourth-order valence-corrected chi connectivity index (χ4v) is 3.55. The van der Waals surface area contributed by atoms with Crippen LogP contribution in [0.5, 0.6) is 0 Å². The molecular weight excluding hydrogens is 308 g/mol. The number of aromatic nitrogens is 2. The average Bonchev–Trinajstić information content (AvgIpc) is 3.24. The van der Waals surface area contributed by atoms with Gasteiger partial charge in [-0.1, -0.05) is 19.0 Å². The summed E-state index contributed by atoms with van der Waals surface area (Å²) in [7, 11) is 1.72. The summed E-state index contributed by atoms with van der Waals surface area (Å²) in [6, 6.07) is 0.169. The van der Waals surface area contributed by atoms with Gasteiger partial charge in [0.05, 0.1) is 6.61 Å². The van der Waals surface area contributed by atoms with Crippen molar-refractivity contribution in [2.45, 2.75) is 44.9 Å². The van der Waals surface area contributed by atoms with E-state index in [-0.39, 0.29) is 11.9 Å². The molecule has 2 aliphatic heterocycles. The van der Waals surface area contributed by atoms with E-state index in [2.05, 4.69) is 10.1 Å². The Kier molecular flexibility index (Phi) is 5.38. The van der Waals surface area contributed by atoms with Crippen molar-refractivity contribution in [3.05, 3.63) is 11.7 Å². The number of rotatable bonds is 4. The second-order valence-electron chi connectivity index (χ2n) is 7.25. The molecule has 3 heterocycles. The Labute approximate surface area is 143 Å². The van der Waals surface area contributed by atoms with E-state index < -0.39 is 0 Å². The number of hydrogen-bond donors (Lipinski definition) is 0. The Morgan fingerprint density at radius 1 is 1.25 bits per heavy atom. The van der Waals surface area contributed by atoms with Crippen LogP contribution in [0.4, 0.5) is 4.79 Å². The standard InChI is InChI=1S/C17H28N4O3/c1-12(2)16-18-15(19-24-16)14-5-8-20(9-6-14)17(22)21-7-4-13(10-21)11-23-3/h12-14H,4-11H2,1-3H3/t13-/m0/s1. The molecule has 2 aliphatic rings. The fourth-order valence-electron chi connectivity index (χ4n) is 3.55. The van der Waals surface area contributed by atoms with Crippen LogP contribution in [0.15, 0.2) is 4.52 Å². The average molecular weight is 336 g/mol. The van der Waals surface area contributed by atoms with Crippen LogP contribution in [0.2, 0.25) is 0 Å². The van der Waals surface area contributed by atoms with Crippen LogP contribution in [-0.2, 0) is 4.74 Å². The van der Waals surface area contributed by atoms with E-state index in [9.17, 15) is 4.79 Å². The Morgan fingerprint density at radius 2 is 1.96 bits per heavy atom. The van der Waals surface area contributed by atoms with Gasteiger partial charge in [-0.25, -0.2) is 4.79 Å². The maximum absolute atomic E-state index is 12.6. The van der Waals surface area contributed by atoms with Crippen molar-refractivity contribution in [3.8, 4) is 0 Å². The van der Waals surface area contributed by atoms with Crippen LogP contribution >= 0.6 is 0 Å². The van der Waals surface area contributed by atoms with E-state index in [1.807, 2.05) is 23.6 Å². The van der Waals surface area contributed by atoms with Crippen molar-refractivity contribution in [1.82, 2.24) is 19.9 Å². The number of piperidine rings is 1. The molecule has 2 amide bonds. The molecule has 134 valence electrons. The lowest BCUT2D eigenvalue weighted by atomic mass is 9.96. The van der Waals surface area contributed by atoms with Crippen molar-refractivity contribution >= 4 is 6.03 Å². The van der Waals surface area contributed by atoms with Crippen molar-refractivity contribution in [3.63, 3.8) is 0 Å². The second-order valence-corrected chi connectivity index (χ2v) is 7.25. The topological polar surface area (TPSA) is 71.7 Å². The van der Waals surface area contributed by atoms with Crippen LogP contribution in [0.3, 0.4) is 0 Å². The lowest BCUT2D eigenvalue weighted by Crippen LogP contribution is -2.45. The van der Waals surface area contributed by atoms with Gasteiger partial charge in [0.2, 0.25) is 5.89 Å². The highest BCUT2D eigenvalue weighted by molar-refractivity contribution is 5.74. The summed E-state index contributed by atoms with van der Waals surface area (Å²) in [5.74, 6) is 2.52. The molecular formula is C17H28N4O3. The first-order valence-corrected chi connectivity index (χ1v) is 8.94. The van der Waals surface area contributed by atoms with Gasteiger partial charge < -0.3 is 19.1 Å². The molecule has 1 aromatic rings. The summed E-state index contributed by atoms with van der Waals surface area (Å²) in [5.41, 5.74) is 0. The number of methoxy groups -OCH3 is 1. The largest absolute Gasteiger partial charge is 0.384 e.